The van der Waals surface area contributed by atoms with Crippen LogP contribution in [0.3, 0.4) is 0 Å². The highest BCUT2D eigenvalue weighted by atomic mass is 19.1. The van der Waals surface area contributed by atoms with Crippen molar-refractivity contribution in [2.45, 2.75) is 83.0 Å². The second-order valence-corrected chi connectivity index (χ2v) is 13.0. The Morgan fingerprint density at radius 3 is 2.81 bits per heavy atom. The zero-order chi connectivity index (χ0) is 29.9. The number of hydrogen-bond acceptors (Lipinski definition) is 8. The van der Waals surface area contributed by atoms with E-state index in [1.165, 1.54) is 0 Å². The molecule has 43 heavy (non-hydrogen) atoms. The van der Waals surface area contributed by atoms with Gasteiger partial charge >= 0.3 is 6.01 Å². The summed E-state index contributed by atoms with van der Waals surface area (Å²) >= 11 is 0. The van der Waals surface area contributed by atoms with Gasteiger partial charge in [0.15, 0.2) is 5.82 Å². The summed E-state index contributed by atoms with van der Waals surface area (Å²) in [4.78, 5) is 18.3. The standard InChI is InChI=1S/C32H39F2N7O2/c1-4-7-21-19(2)12-24-22(15-36-39-24)25(21)28-26(34)27-23(14-35-28)29(40-10-5-8-31(3,42)17-40)38-30(37-27)43-18-32-9-6-11-41(32)16-20(33)13-32/h12,14-15,20,42H,4-11,13,16-18H2,1-3H3,(H,36,39)/t20-,31-,32+/m1/s1. The number of aryl methyl sites for hydroxylation is 1. The highest BCUT2D eigenvalue weighted by molar-refractivity contribution is 5.99. The van der Waals surface area contributed by atoms with E-state index in [0.29, 0.717) is 49.2 Å². The molecule has 11 heteroatoms. The van der Waals surface area contributed by atoms with Gasteiger partial charge in [-0.25, -0.2) is 8.78 Å². The van der Waals surface area contributed by atoms with E-state index in [9.17, 15) is 9.50 Å². The van der Waals surface area contributed by atoms with Crippen LogP contribution in [0.5, 0.6) is 6.01 Å². The number of alkyl halides is 1. The first-order chi connectivity index (χ1) is 20.7. The second kappa shape index (κ2) is 10.6. The molecule has 0 saturated carbocycles. The van der Waals surface area contributed by atoms with Crippen LogP contribution in [0.15, 0.2) is 18.5 Å². The van der Waals surface area contributed by atoms with Gasteiger partial charge in [0.1, 0.15) is 29.8 Å². The van der Waals surface area contributed by atoms with E-state index in [0.717, 1.165) is 60.7 Å². The van der Waals surface area contributed by atoms with Gasteiger partial charge in [-0.2, -0.15) is 15.1 Å². The number of aromatic amines is 1. The lowest BCUT2D eigenvalue weighted by Crippen LogP contribution is -2.46. The Labute approximate surface area is 249 Å². The third-order valence-electron chi connectivity index (χ3n) is 9.66. The molecular weight excluding hydrogens is 552 g/mol. The molecule has 2 N–H and O–H groups in total. The van der Waals surface area contributed by atoms with E-state index in [2.05, 4.69) is 27.0 Å². The molecule has 3 fully saturated rings. The Morgan fingerprint density at radius 1 is 1.16 bits per heavy atom. The Morgan fingerprint density at radius 2 is 2.00 bits per heavy atom. The number of aliphatic hydroxyl groups is 1. The van der Waals surface area contributed by atoms with Crippen molar-refractivity contribution in [1.29, 1.82) is 0 Å². The third kappa shape index (κ3) is 4.90. The summed E-state index contributed by atoms with van der Waals surface area (Å²) in [5.74, 6) is -0.0643. The summed E-state index contributed by atoms with van der Waals surface area (Å²) < 4.78 is 37.6. The summed E-state index contributed by atoms with van der Waals surface area (Å²) in [6.07, 6.45) is 7.82. The molecule has 4 aromatic rings. The Balaban J connectivity index is 1.37. The maximum absolute atomic E-state index is 16.9. The number of ether oxygens (including phenoxy) is 1. The summed E-state index contributed by atoms with van der Waals surface area (Å²) in [6.45, 7) is 8.43. The highest BCUT2D eigenvalue weighted by Crippen LogP contribution is 2.42. The quantitative estimate of drug-likeness (QED) is 0.300. The van der Waals surface area contributed by atoms with Gasteiger partial charge in [0, 0.05) is 43.2 Å². The summed E-state index contributed by atoms with van der Waals surface area (Å²) in [5.41, 5.74) is 2.64. The van der Waals surface area contributed by atoms with E-state index in [1.54, 1.807) is 19.3 Å². The van der Waals surface area contributed by atoms with Gasteiger partial charge in [-0.15, -0.1) is 0 Å². The van der Waals surface area contributed by atoms with Crippen molar-refractivity contribution in [3.05, 3.63) is 35.4 Å². The molecule has 3 atom stereocenters. The van der Waals surface area contributed by atoms with Crippen molar-refractivity contribution in [3.63, 3.8) is 0 Å². The van der Waals surface area contributed by atoms with Crippen LogP contribution in [0.2, 0.25) is 0 Å². The first-order valence-corrected chi connectivity index (χ1v) is 15.5. The smallest absolute Gasteiger partial charge is 0.319 e. The number of nitrogens with one attached hydrogen (secondary N) is 1. The zero-order valence-corrected chi connectivity index (χ0v) is 25.1. The molecule has 3 aliphatic heterocycles. The summed E-state index contributed by atoms with van der Waals surface area (Å²) in [5, 5.41) is 19.4. The molecule has 0 aliphatic carbocycles. The van der Waals surface area contributed by atoms with Crippen LogP contribution in [0.4, 0.5) is 14.6 Å². The Bertz CT molecular complexity index is 1690. The van der Waals surface area contributed by atoms with E-state index in [1.807, 2.05) is 17.9 Å². The number of fused-ring (bicyclic) bond motifs is 3. The normalized spacial score (nSPS) is 26.1. The molecule has 1 aromatic carbocycles. The van der Waals surface area contributed by atoms with E-state index >= 15 is 4.39 Å². The molecule has 0 bridgehead atoms. The average Bonchev–Trinajstić information content (AvgIpc) is 3.66. The molecule has 228 valence electrons. The number of halogens is 2. The van der Waals surface area contributed by atoms with Crippen LogP contribution in [-0.2, 0) is 6.42 Å². The number of benzene rings is 1. The first kappa shape index (κ1) is 28.3. The maximum atomic E-state index is 16.9. The fourth-order valence-electron chi connectivity index (χ4n) is 7.66. The van der Waals surface area contributed by atoms with Crippen LogP contribution in [0.25, 0.3) is 33.1 Å². The van der Waals surface area contributed by atoms with Crippen molar-refractivity contribution in [2.75, 3.05) is 37.7 Å². The number of piperidine rings is 1. The molecule has 3 saturated heterocycles. The lowest BCUT2D eigenvalue weighted by Gasteiger charge is -2.38. The fourth-order valence-corrected chi connectivity index (χ4v) is 7.66. The molecule has 0 radical (unpaired) electrons. The molecule has 7 rings (SSSR count). The molecule has 9 nitrogen and oxygen atoms in total. The van der Waals surface area contributed by atoms with E-state index in [-0.39, 0.29) is 23.8 Å². The van der Waals surface area contributed by atoms with Gasteiger partial charge in [0.2, 0.25) is 0 Å². The van der Waals surface area contributed by atoms with Crippen molar-refractivity contribution < 1.29 is 18.6 Å². The van der Waals surface area contributed by atoms with E-state index in [4.69, 9.17) is 14.7 Å². The van der Waals surface area contributed by atoms with Crippen molar-refractivity contribution >= 4 is 27.6 Å². The molecule has 0 spiro atoms. The van der Waals surface area contributed by atoms with Gasteiger partial charge < -0.3 is 14.7 Å². The molecule has 0 amide bonds. The van der Waals surface area contributed by atoms with Crippen molar-refractivity contribution in [1.82, 2.24) is 30.0 Å². The molecule has 0 unspecified atom stereocenters. The fraction of sp³-hybridized carbons (Fsp3) is 0.562. The van der Waals surface area contributed by atoms with E-state index < -0.39 is 23.1 Å². The van der Waals surface area contributed by atoms with Crippen LogP contribution < -0.4 is 9.64 Å². The van der Waals surface area contributed by atoms with Crippen molar-refractivity contribution in [3.8, 4) is 17.3 Å². The number of hydrogen-bond donors (Lipinski definition) is 2. The summed E-state index contributed by atoms with van der Waals surface area (Å²) in [7, 11) is 0. The third-order valence-corrected chi connectivity index (χ3v) is 9.66. The number of H-pyrrole nitrogens is 1. The minimum absolute atomic E-state index is 0.0544. The number of aromatic nitrogens is 5. The first-order valence-electron chi connectivity index (χ1n) is 15.5. The lowest BCUT2D eigenvalue weighted by molar-refractivity contribution is 0.0447. The topological polar surface area (TPSA) is 103 Å². The van der Waals surface area contributed by atoms with Crippen LogP contribution in [0, 0.1) is 12.7 Å². The predicted octanol–water partition coefficient (Wildman–Crippen LogP) is 5.27. The lowest BCUT2D eigenvalue weighted by atomic mass is 9.92. The average molecular weight is 592 g/mol. The predicted molar refractivity (Wildman–Crippen MR) is 162 cm³/mol. The highest BCUT2D eigenvalue weighted by Gasteiger charge is 2.49. The number of rotatable bonds is 7. The largest absolute Gasteiger partial charge is 0.461 e. The molecular formula is C32H39F2N7O2. The zero-order valence-electron chi connectivity index (χ0n) is 25.1. The molecule has 3 aromatic heterocycles. The van der Waals surface area contributed by atoms with Crippen LogP contribution in [0.1, 0.15) is 63.5 Å². The SMILES string of the molecule is CCCc1c(C)cc2[nH]ncc2c1-c1ncc2c(N3CCC[C@@](C)(O)C3)nc(OC[C@@]34CCCN3C[C@H](F)C4)nc2c1F. The summed E-state index contributed by atoms with van der Waals surface area (Å²) in [6, 6.07) is 2.10. The maximum Gasteiger partial charge on any atom is 0.319 e. The van der Waals surface area contributed by atoms with Crippen LogP contribution in [-0.4, -0.2) is 85.3 Å². The number of pyridine rings is 1. The monoisotopic (exact) mass is 591 g/mol. The van der Waals surface area contributed by atoms with Gasteiger partial charge in [-0.3, -0.25) is 15.0 Å². The van der Waals surface area contributed by atoms with Gasteiger partial charge in [-0.1, -0.05) is 13.3 Å². The van der Waals surface area contributed by atoms with Crippen LogP contribution >= 0.6 is 0 Å². The Kier molecular flexibility index (Phi) is 7.00. The number of anilines is 1. The van der Waals surface area contributed by atoms with Gasteiger partial charge in [0.05, 0.1) is 28.2 Å². The van der Waals surface area contributed by atoms with Gasteiger partial charge in [-0.05, 0) is 69.7 Å². The number of nitrogens with zero attached hydrogens (tertiary/aromatic N) is 6. The molecule has 6 heterocycles. The minimum atomic E-state index is -0.907. The number of β-amino-alcohol motifs (C(OH)–C–C–N with tert-alkyl or cyclic N) is 1. The van der Waals surface area contributed by atoms with Crippen molar-refractivity contribution in [2.24, 2.45) is 0 Å². The minimum Gasteiger partial charge on any atom is -0.461 e. The second-order valence-electron chi connectivity index (χ2n) is 13.0. The Hall–Kier alpha value is -3.44. The van der Waals surface area contributed by atoms with Gasteiger partial charge in [0.25, 0.3) is 0 Å². The molecule has 3 aliphatic rings.